The molecule has 0 aliphatic carbocycles. The number of unbranched alkanes of at least 4 members (excludes halogenated alkanes) is 10. The number of allylic oxidation sites excluding steroid dienone is 1. The van der Waals surface area contributed by atoms with Gasteiger partial charge in [0.05, 0.1) is 6.61 Å². The Hall–Kier alpha value is -1.05. The van der Waals surface area contributed by atoms with Crippen LogP contribution >= 0.6 is 0 Å². The van der Waals surface area contributed by atoms with E-state index in [9.17, 15) is 4.79 Å². The summed E-state index contributed by atoms with van der Waals surface area (Å²) in [6.07, 6.45) is 17.2. The molecule has 19 heavy (non-hydrogen) atoms. The molecule has 0 atom stereocenters. The van der Waals surface area contributed by atoms with Crippen LogP contribution in [0.3, 0.4) is 0 Å². The molecule has 0 spiro atoms. The molecule has 2 nitrogen and oxygen atoms in total. The average molecular weight is 266 g/mol. The molecular formula is C17H30O2. The topological polar surface area (TPSA) is 26.3 Å². The highest BCUT2D eigenvalue weighted by Gasteiger charge is 1.96. The minimum absolute atomic E-state index is 0.309. The molecule has 0 heterocycles. The first-order valence-corrected chi connectivity index (χ1v) is 7.71. The summed E-state index contributed by atoms with van der Waals surface area (Å²) in [6.45, 7) is 7.63. The highest BCUT2D eigenvalue weighted by atomic mass is 16.5. The van der Waals surface area contributed by atoms with Crippen molar-refractivity contribution < 1.29 is 9.53 Å². The van der Waals surface area contributed by atoms with Crippen molar-refractivity contribution in [2.75, 3.05) is 6.61 Å². The van der Waals surface area contributed by atoms with Gasteiger partial charge < -0.3 is 4.74 Å². The number of hydrogen-bond acceptors (Lipinski definition) is 2. The van der Waals surface area contributed by atoms with Crippen molar-refractivity contribution >= 4 is 5.97 Å². The Kier molecular flexibility index (Phi) is 14.2. The Bertz CT molecular complexity index is 233. The summed E-state index contributed by atoms with van der Waals surface area (Å²) >= 11 is 0. The summed E-state index contributed by atoms with van der Waals surface area (Å²) in [6, 6.07) is 0. The molecule has 0 rings (SSSR count). The predicted octanol–water partition coefficient (Wildman–Crippen LogP) is 5.19. The maximum Gasteiger partial charge on any atom is 0.330 e. The van der Waals surface area contributed by atoms with Crippen LogP contribution in [0.25, 0.3) is 0 Å². The molecule has 0 aromatic heterocycles. The quantitative estimate of drug-likeness (QED) is 0.187. The number of carbonyl (C=O) groups is 1. The molecule has 0 bridgehead atoms. The Balaban J connectivity index is 3.00. The standard InChI is InChI=1S/C17H30O2/c1-3-5-6-7-8-9-10-11-12-13-14-15-16-19-17(18)4-2/h3-4H,1-2,5-16H2. The van der Waals surface area contributed by atoms with E-state index in [1.165, 1.54) is 57.4 Å². The molecular weight excluding hydrogens is 236 g/mol. The van der Waals surface area contributed by atoms with Crippen LogP contribution in [0.1, 0.15) is 70.6 Å². The zero-order chi connectivity index (χ0) is 14.2. The van der Waals surface area contributed by atoms with E-state index in [4.69, 9.17) is 4.74 Å². The lowest BCUT2D eigenvalue weighted by atomic mass is 10.1. The van der Waals surface area contributed by atoms with Crippen molar-refractivity contribution in [1.29, 1.82) is 0 Å². The third-order valence-electron chi connectivity index (χ3n) is 3.21. The summed E-state index contributed by atoms with van der Waals surface area (Å²) < 4.78 is 4.92. The molecule has 0 aliphatic rings. The van der Waals surface area contributed by atoms with Gasteiger partial charge in [0.15, 0.2) is 0 Å². The Morgan fingerprint density at radius 3 is 1.74 bits per heavy atom. The molecule has 0 fully saturated rings. The summed E-state index contributed by atoms with van der Waals surface area (Å²) in [7, 11) is 0. The first-order valence-electron chi connectivity index (χ1n) is 7.71. The van der Waals surface area contributed by atoms with Gasteiger partial charge >= 0.3 is 5.97 Å². The van der Waals surface area contributed by atoms with Crippen LogP contribution < -0.4 is 0 Å². The van der Waals surface area contributed by atoms with Crippen LogP contribution in [0.4, 0.5) is 0 Å². The number of hydrogen-bond donors (Lipinski definition) is 0. The van der Waals surface area contributed by atoms with E-state index in [-0.39, 0.29) is 5.97 Å². The molecule has 0 saturated heterocycles. The number of ether oxygens (including phenoxy) is 1. The van der Waals surface area contributed by atoms with E-state index >= 15 is 0 Å². The van der Waals surface area contributed by atoms with Gasteiger partial charge in [0.25, 0.3) is 0 Å². The fourth-order valence-electron chi connectivity index (χ4n) is 2.04. The molecule has 0 aliphatic heterocycles. The van der Waals surface area contributed by atoms with Crippen molar-refractivity contribution in [2.24, 2.45) is 0 Å². The van der Waals surface area contributed by atoms with Gasteiger partial charge in [0.2, 0.25) is 0 Å². The monoisotopic (exact) mass is 266 g/mol. The predicted molar refractivity (Wildman–Crippen MR) is 82.1 cm³/mol. The van der Waals surface area contributed by atoms with Crippen molar-refractivity contribution in [3.05, 3.63) is 25.3 Å². The molecule has 0 saturated carbocycles. The number of carbonyl (C=O) groups excluding carboxylic acids is 1. The normalized spacial score (nSPS) is 10.1. The van der Waals surface area contributed by atoms with Crippen LogP contribution in [-0.2, 0) is 9.53 Å². The average Bonchev–Trinajstić information content (AvgIpc) is 2.43. The molecule has 0 N–H and O–H groups in total. The first-order chi connectivity index (χ1) is 9.31. The van der Waals surface area contributed by atoms with Gasteiger partial charge in [-0.2, -0.15) is 0 Å². The highest BCUT2D eigenvalue weighted by molar-refractivity contribution is 5.81. The second-order valence-electron chi connectivity index (χ2n) is 4.98. The van der Waals surface area contributed by atoms with Crippen LogP contribution in [0.2, 0.25) is 0 Å². The SMILES string of the molecule is C=CCCCCCCCCCCCCOC(=O)C=C. The minimum Gasteiger partial charge on any atom is -0.463 e. The van der Waals surface area contributed by atoms with Crippen LogP contribution in [0, 0.1) is 0 Å². The van der Waals surface area contributed by atoms with Crippen molar-refractivity contribution in [2.45, 2.75) is 70.6 Å². The lowest BCUT2D eigenvalue weighted by Crippen LogP contribution is -2.01. The summed E-state index contributed by atoms with van der Waals surface area (Å²) in [5, 5.41) is 0. The van der Waals surface area contributed by atoms with E-state index in [1.807, 2.05) is 6.08 Å². The van der Waals surface area contributed by atoms with E-state index in [2.05, 4.69) is 13.2 Å². The van der Waals surface area contributed by atoms with Gasteiger partial charge in [-0.15, -0.1) is 6.58 Å². The molecule has 0 unspecified atom stereocenters. The Morgan fingerprint density at radius 2 is 1.26 bits per heavy atom. The van der Waals surface area contributed by atoms with Crippen molar-refractivity contribution in [1.82, 2.24) is 0 Å². The molecule has 0 aromatic rings. The second-order valence-corrected chi connectivity index (χ2v) is 4.98. The van der Waals surface area contributed by atoms with Crippen LogP contribution in [-0.4, -0.2) is 12.6 Å². The van der Waals surface area contributed by atoms with Gasteiger partial charge in [-0.3, -0.25) is 0 Å². The van der Waals surface area contributed by atoms with E-state index in [0.29, 0.717) is 6.61 Å². The summed E-state index contributed by atoms with van der Waals surface area (Å²) in [5.74, 6) is -0.309. The third kappa shape index (κ3) is 14.9. The molecule has 0 amide bonds. The molecule has 110 valence electrons. The Morgan fingerprint density at radius 1 is 0.789 bits per heavy atom. The summed E-state index contributed by atoms with van der Waals surface area (Å²) in [5.41, 5.74) is 0. The molecule has 2 heteroatoms. The third-order valence-corrected chi connectivity index (χ3v) is 3.21. The highest BCUT2D eigenvalue weighted by Crippen LogP contribution is 2.11. The smallest absolute Gasteiger partial charge is 0.330 e. The molecule has 0 aromatic carbocycles. The largest absolute Gasteiger partial charge is 0.463 e. The van der Waals surface area contributed by atoms with Gasteiger partial charge in [-0.25, -0.2) is 4.79 Å². The van der Waals surface area contributed by atoms with E-state index < -0.39 is 0 Å². The first kappa shape index (κ1) is 17.9. The molecule has 0 radical (unpaired) electrons. The fourth-order valence-corrected chi connectivity index (χ4v) is 2.04. The van der Waals surface area contributed by atoms with E-state index in [0.717, 1.165) is 19.3 Å². The van der Waals surface area contributed by atoms with E-state index in [1.54, 1.807) is 0 Å². The zero-order valence-electron chi connectivity index (χ0n) is 12.4. The summed E-state index contributed by atoms with van der Waals surface area (Å²) in [4.78, 5) is 10.8. The van der Waals surface area contributed by atoms with Gasteiger partial charge in [-0.1, -0.05) is 64.0 Å². The number of esters is 1. The second kappa shape index (κ2) is 15.0. The van der Waals surface area contributed by atoms with Crippen LogP contribution in [0.5, 0.6) is 0 Å². The Labute approximate surface area is 118 Å². The number of rotatable bonds is 14. The lowest BCUT2D eigenvalue weighted by molar-refractivity contribution is -0.137. The van der Waals surface area contributed by atoms with Crippen molar-refractivity contribution in [3.63, 3.8) is 0 Å². The maximum atomic E-state index is 10.8. The fraction of sp³-hybridized carbons (Fsp3) is 0.706. The zero-order valence-corrected chi connectivity index (χ0v) is 12.4. The lowest BCUT2D eigenvalue weighted by Gasteiger charge is -2.03. The van der Waals surface area contributed by atoms with Crippen LogP contribution in [0.15, 0.2) is 25.3 Å². The van der Waals surface area contributed by atoms with Crippen molar-refractivity contribution in [3.8, 4) is 0 Å². The maximum absolute atomic E-state index is 10.8. The van der Waals surface area contributed by atoms with Gasteiger partial charge in [0, 0.05) is 6.08 Å². The minimum atomic E-state index is -0.309. The van der Waals surface area contributed by atoms with Gasteiger partial charge in [-0.05, 0) is 19.3 Å². The van der Waals surface area contributed by atoms with Gasteiger partial charge in [0.1, 0.15) is 0 Å².